The van der Waals surface area contributed by atoms with E-state index < -0.39 is 27.4 Å². The van der Waals surface area contributed by atoms with E-state index in [9.17, 15) is 0 Å². The van der Waals surface area contributed by atoms with Crippen LogP contribution in [0.2, 0.25) is 17.0 Å². The molecule has 0 saturated carbocycles. The molecule has 0 heterocycles. The minimum Gasteiger partial charge on any atom is -0.340 e. The van der Waals surface area contributed by atoms with Crippen molar-refractivity contribution in [2.45, 2.75) is 37.8 Å². The van der Waals surface area contributed by atoms with Crippen LogP contribution in [0.1, 0.15) is 20.8 Å². The van der Waals surface area contributed by atoms with Crippen molar-refractivity contribution in [2.75, 3.05) is 19.6 Å². The minimum absolute atomic E-state index is 0.854. The molecule has 0 amide bonds. The van der Waals surface area contributed by atoms with Crippen molar-refractivity contribution in [3.05, 3.63) is 0 Å². The third kappa shape index (κ3) is 7.10. The van der Waals surface area contributed by atoms with Gasteiger partial charge in [-0.05, 0) is 36.6 Å². The molecule has 3 atom stereocenters. The second-order valence-corrected chi connectivity index (χ2v) is 22.6. The zero-order valence-corrected chi connectivity index (χ0v) is 23.4. The van der Waals surface area contributed by atoms with Gasteiger partial charge in [-0.25, -0.2) is 0 Å². The van der Waals surface area contributed by atoms with E-state index in [1.807, 2.05) is 0 Å². The zero-order chi connectivity index (χ0) is 14.7. The summed E-state index contributed by atoms with van der Waals surface area (Å²) in [7, 11) is 1.51. The Labute approximate surface area is 134 Å². The van der Waals surface area contributed by atoms with Crippen LogP contribution in [0.5, 0.6) is 0 Å². The van der Waals surface area contributed by atoms with Gasteiger partial charge in [-0.2, -0.15) is 0 Å². The predicted octanol–water partition coefficient (Wildman–Crippen LogP) is -4.25. The number of nitrogens with one attached hydrogen (secondary N) is 3. The lowest BCUT2D eigenvalue weighted by atomic mass is 10.8. The number of rotatable bonds is 12. The van der Waals surface area contributed by atoms with Crippen molar-refractivity contribution >= 4 is 58.1 Å². The van der Waals surface area contributed by atoms with Crippen LogP contribution < -0.4 is 14.9 Å². The summed E-state index contributed by atoms with van der Waals surface area (Å²) in [6, 6.07) is 0. The van der Waals surface area contributed by atoms with E-state index in [1.54, 1.807) is 0 Å². The number of hydrogen-bond donors (Lipinski definition) is 3. The quantitative estimate of drug-likeness (QED) is 0.305. The van der Waals surface area contributed by atoms with Gasteiger partial charge in [0.1, 0.15) is 0 Å². The second kappa shape index (κ2) is 12.8. The Morgan fingerprint density at radius 3 is 1.11 bits per heavy atom. The molecule has 0 aliphatic carbocycles. The number of hydrogen-bond acceptors (Lipinski definition) is 4. The highest BCUT2D eigenvalue weighted by Gasteiger charge is 2.31. The highest BCUT2D eigenvalue weighted by Crippen LogP contribution is 2.06. The van der Waals surface area contributed by atoms with E-state index in [1.165, 1.54) is 67.4 Å². The molecule has 0 spiro atoms. The molecule has 0 rings (SSSR count). The number of nitrogens with zero attached hydrogens (tertiary/aromatic N) is 1. The average Bonchev–Trinajstić information content (AvgIpc) is 2.43. The molecule has 19 heavy (non-hydrogen) atoms. The summed E-state index contributed by atoms with van der Waals surface area (Å²) in [6.45, 7) is 10.3. The van der Waals surface area contributed by atoms with Gasteiger partial charge in [0.05, 0.1) is 0 Å². The summed E-state index contributed by atoms with van der Waals surface area (Å²) in [6.07, 6.45) is 0. The summed E-state index contributed by atoms with van der Waals surface area (Å²) >= 11 is 0. The Hall–Kier alpha value is 1.14. The molecule has 10 heteroatoms. The van der Waals surface area contributed by atoms with Gasteiger partial charge in [0.25, 0.3) is 0 Å². The summed E-state index contributed by atoms with van der Waals surface area (Å²) in [5.41, 5.74) is 4.50. The summed E-state index contributed by atoms with van der Waals surface area (Å²) < 4.78 is 3.11. The van der Waals surface area contributed by atoms with E-state index in [4.69, 9.17) is 0 Å². The van der Waals surface area contributed by atoms with Crippen molar-refractivity contribution in [2.24, 2.45) is 0 Å². The molecule has 0 radical (unpaired) electrons. The molecule has 0 bridgehead atoms. The van der Waals surface area contributed by atoms with Crippen molar-refractivity contribution < 1.29 is 0 Å². The van der Waals surface area contributed by atoms with E-state index >= 15 is 0 Å². The third-order valence-electron chi connectivity index (χ3n) is 3.56. The monoisotopic (exact) mass is 368 g/mol. The lowest BCUT2D eigenvalue weighted by Crippen LogP contribution is -2.70. The predicted molar refractivity (Wildman–Crippen MR) is 109 cm³/mol. The third-order valence-corrected chi connectivity index (χ3v) is 24.1. The van der Waals surface area contributed by atoms with Gasteiger partial charge in [0.2, 0.25) is 0 Å². The van der Waals surface area contributed by atoms with Gasteiger partial charge in [0, 0.05) is 30.7 Å². The Morgan fingerprint density at radius 1 is 0.684 bits per heavy atom. The minimum atomic E-state index is -0.854. The molecule has 4 nitrogen and oxygen atoms in total. The topological polar surface area (TPSA) is 39.3 Å². The van der Waals surface area contributed by atoms with Crippen LogP contribution in [0.3, 0.4) is 0 Å². The fourth-order valence-electron chi connectivity index (χ4n) is 2.74. The fraction of sp³-hybridized carbons (Fsp3) is 1.00. The normalized spacial score (nSPS) is 17.1. The van der Waals surface area contributed by atoms with Crippen LogP contribution in [0.15, 0.2) is 0 Å². The average molecular weight is 369 g/mol. The van der Waals surface area contributed by atoms with Crippen LogP contribution in [0, 0.1) is 0 Å². The van der Waals surface area contributed by atoms with Crippen LogP contribution in [-0.2, 0) is 0 Å². The first-order valence-electron chi connectivity index (χ1n) is 8.17. The van der Waals surface area contributed by atoms with Crippen molar-refractivity contribution in [3.63, 3.8) is 0 Å². The van der Waals surface area contributed by atoms with Gasteiger partial charge in [-0.3, -0.25) is 0 Å². The van der Waals surface area contributed by atoms with Crippen molar-refractivity contribution in [1.82, 2.24) is 18.8 Å². The summed E-state index contributed by atoms with van der Waals surface area (Å²) in [5, 5.41) is 0. The Kier molecular flexibility index (Phi) is 13.6. The summed E-state index contributed by atoms with van der Waals surface area (Å²) in [4.78, 5) is 11.7. The van der Waals surface area contributed by atoms with E-state index in [0.717, 1.165) is 0 Å². The lowest BCUT2D eigenvalue weighted by Gasteiger charge is -2.41. The Balaban J connectivity index is 5.04. The molecular formula is C9H36N4Si6. The maximum absolute atomic E-state index is 3.90. The standard InChI is InChI=1S/C9H36N4Si6/c1-4-10-17(7-14)13(18(8-15)11-5-2)19(9-16)12-6-3/h10-12,17-19H,4-9H2,1-3,14-16H3. The molecule has 116 valence electrons. The van der Waals surface area contributed by atoms with Gasteiger partial charge in [-0.1, -0.05) is 20.8 Å². The highest BCUT2D eigenvalue weighted by atomic mass is 28.4. The first kappa shape index (κ1) is 20.1. The van der Waals surface area contributed by atoms with Crippen molar-refractivity contribution in [3.8, 4) is 0 Å². The van der Waals surface area contributed by atoms with Gasteiger partial charge < -0.3 is 18.8 Å². The maximum Gasteiger partial charge on any atom is 0.172 e. The molecule has 0 aliphatic rings. The van der Waals surface area contributed by atoms with E-state index in [2.05, 4.69) is 39.6 Å². The second-order valence-electron chi connectivity index (χ2n) is 4.89. The molecule has 0 aromatic heterocycles. The molecule has 0 saturated heterocycles. The molecule has 3 N–H and O–H groups in total. The molecule has 3 unspecified atom stereocenters. The van der Waals surface area contributed by atoms with E-state index in [0.29, 0.717) is 0 Å². The Bertz CT molecular complexity index is 180. The smallest absolute Gasteiger partial charge is 0.172 e. The summed E-state index contributed by atoms with van der Waals surface area (Å²) in [5.74, 6) is 0. The van der Waals surface area contributed by atoms with Crippen LogP contribution in [-0.4, -0.2) is 81.6 Å². The molecule has 0 aromatic rings. The molecule has 0 fully saturated rings. The van der Waals surface area contributed by atoms with Gasteiger partial charge in [0.15, 0.2) is 27.4 Å². The van der Waals surface area contributed by atoms with Crippen LogP contribution >= 0.6 is 0 Å². The largest absolute Gasteiger partial charge is 0.340 e. The van der Waals surface area contributed by atoms with Gasteiger partial charge >= 0.3 is 0 Å². The lowest BCUT2D eigenvalue weighted by molar-refractivity contribution is 0.791. The van der Waals surface area contributed by atoms with Crippen LogP contribution in [0.25, 0.3) is 0 Å². The first-order chi connectivity index (χ1) is 9.19. The van der Waals surface area contributed by atoms with E-state index in [-0.39, 0.29) is 0 Å². The molecule has 0 aromatic carbocycles. The molecular weight excluding hydrogens is 333 g/mol. The van der Waals surface area contributed by atoms with Crippen LogP contribution in [0.4, 0.5) is 0 Å². The first-order valence-corrected chi connectivity index (χ1v) is 18.1. The zero-order valence-electron chi connectivity index (χ0n) is 13.9. The molecule has 0 aliphatic heterocycles. The highest BCUT2D eigenvalue weighted by molar-refractivity contribution is 6.88. The van der Waals surface area contributed by atoms with Gasteiger partial charge in [-0.15, -0.1) is 0 Å². The maximum atomic E-state index is 3.90. The fourth-order valence-corrected chi connectivity index (χ4v) is 31.8. The van der Waals surface area contributed by atoms with Crippen molar-refractivity contribution in [1.29, 1.82) is 0 Å². The Morgan fingerprint density at radius 2 is 0.947 bits per heavy atom. The SMILES string of the molecule is CCN[SiH](C[SiH3])N([SiH](C[SiH3])NCC)[SiH](C[SiH3])NCC.